The number of hydrogen-bond donors (Lipinski definition) is 1. The third-order valence-corrected chi connectivity index (χ3v) is 6.55. The molecule has 0 aliphatic carbocycles. The van der Waals surface area contributed by atoms with E-state index in [4.69, 9.17) is 9.15 Å². The van der Waals surface area contributed by atoms with Crippen LogP contribution in [0.15, 0.2) is 81.6 Å². The molecule has 1 aliphatic rings. The number of para-hydroxylation sites is 1. The maximum Gasteiger partial charge on any atom is 0.253 e. The summed E-state index contributed by atoms with van der Waals surface area (Å²) in [5.74, 6) is 2.12. The van der Waals surface area contributed by atoms with Gasteiger partial charge in [0.15, 0.2) is 5.82 Å². The molecule has 4 aromatic rings. The highest BCUT2D eigenvalue weighted by Crippen LogP contribution is 2.34. The van der Waals surface area contributed by atoms with Crippen LogP contribution in [0.3, 0.4) is 0 Å². The van der Waals surface area contributed by atoms with E-state index in [1.54, 1.807) is 6.26 Å². The van der Waals surface area contributed by atoms with Crippen molar-refractivity contribution in [2.75, 3.05) is 5.75 Å². The standard InChI is InChI=1S/C26H25N5O3S/c1-17-9-11-19(12-10-17)20-14-21(23-8-5-13-33-23)31(30-20)25(32)16-35-26-27-24(28-29-26)15-34-22-7-4-3-6-18(22)2/h3-13,21H,14-16H2,1-2H3,(H,27,28,29)/t21-/m1/s1. The summed E-state index contributed by atoms with van der Waals surface area (Å²) in [5, 5.41) is 13.8. The van der Waals surface area contributed by atoms with Crippen LogP contribution in [0.25, 0.3) is 0 Å². The number of aryl methyl sites for hydroxylation is 2. The molecule has 0 bridgehead atoms. The highest BCUT2D eigenvalue weighted by atomic mass is 32.2. The molecule has 178 valence electrons. The van der Waals surface area contributed by atoms with Gasteiger partial charge in [-0.15, -0.1) is 5.10 Å². The van der Waals surface area contributed by atoms with E-state index in [2.05, 4.69) is 20.3 Å². The number of carbonyl (C=O) groups is 1. The van der Waals surface area contributed by atoms with Crippen LogP contribution >= 0.6 is 11.8 Å². The van der Waals surface area contributed by atoms with Gasteiger partial charge in [-0.2, -0.15) is 5.10 Å². The number of furan rings is 1. The summed E-state index contributed by atoms with van der Waals surface area (Å²) >= 11 is 1.26. The second-order valence-electron chi connectivity index (χ2n) is 8.29. The van der Waals surface area contributed by atoms with E-state index >= 15 is 0 Å². The van der Waals surface area contributed by atoms with Crippen LogP contribution in [0.1, 0.15) is 40.7 Å². The molecular formula is C26H25N5O3S. The third-order valence-electron chi connectivity index (χ3n) is 5.72. The number of nitrogens with one attached hydrogen (secondary N) is 1. The van der Waals surface area contributed by atoms with E-state index < -0.39 is 0 Å². The molecule has 1 aliphatic heterocycles. The van der Waals surface area contributed by atoms with Crippen LogP contribution in [-0.2, 0) is 11.4 Å². The Kier molecular flexibility index (Phi) is 6.67. The fourth-order valence-electron chi connectivity index (χ4n) is 3.83. The molecule has 0 radical (unpaired) electrons. The topological polar surface area (TPSA) is 96.6 Å². The van der Waals surface area contributed by atoms with Crippen LogP contribution in [0.2, 0.25) is 0 Å². The lowest BCUT2D eigenvalue weighted by atomic mass is 10.0. The van der Waals surface area contributed by atoms with Crippen LogP contribution < -0.4 is 4.74 Å². The summed E-state index contributed by atoms with van der Waals surface area (Å²) < 4.78 is 11.4. The van der Waals surface area contributed by atoms with E-state index in [-0.39, 0.29) is 24.3 Å². The maximum atomic E-state index is 13.2. The highest BCUT2D eigenvalue weighted by molar-refractivity contribution is 7.99. The molecule has 8 nitrogen and oxygen atoms in total. The predicted molar refractivity (Wildman–Crippen MR) is 133 cm³/mol. The second-order valence-corrected chi connectivity index (χ2v) is 9.24. The monoisotopic (exact) mass is 487 g/mol. The van der Waals surface area contributed by atoms with Gasteiger partial charge in [-0.25, -0.2) is 9.99 Å². The molecule has 0 fully saturated rings. The fraction of sp³-hybridized carbons (Fsp3) is 0.231. The molecule has 0 unspecified atom stereocenters. The second kappa shape index (κ2) is 10.2. The number of aromatic amines is 1. The van der Waals surface area contributed by atoms with E-state index in [0.29, 0.717) is 23.2 Å². The van der Waals surface area contributed by atoms with Gasteiger partial charge in [0.25, 0.3) is 5.91 Å². The number of nitrogens with zero attached hydrogens (tertiary/aromatic N) is 4. The summed E-state index contributed by atoms with van der Waals surface area (Å²) in [6.07, 6.45) is 2.21. The molecule has 5 rings (SSSR count). The Hall–Kier alpha value is -3.85. The summed E-state index contributed by atoms with van der Waals surface area (Å²) in [7, 11) is 0. The number of hydrazone groups is 1. The van der Waals surface area contributed by atoms with Gasteiger partial charge >= 0.3 is 0 Å². The number of thioether (sulfide) groups is 1. The number of H-pyrrole nitrogens is 1. The van der Waals surface area contributed by atoms with Crippen LogP contribution in [0.4, 0.5) is 0 Å². The summed E-state index contributed by atoms with van der Waals surface area (Å²) in [5.41, 5.74) is 4.09. The number of amides is 1. The van der Waals surface area contributed by atoms with E-state index in [1.807, 2.05) is 74.5 Å². The lowest BCUT2D eigenvalue weighted by molar-refractivity contribution is -0.130. The highest BCUT2D eigenvalue weighted by Gasteiger charge is 2.34. The summed E-state index contributed by atoms with van der Waals surface area (Å²) in [4.78, 5) is 17.6. The van der Waals surface area contributed by atoms with Gasteiger partial charge in [0.2, 0.25) is 5.16 Å². The van der Waals surface area contributed by atoms with Crippen molar-refractivity contribution in [3.8, 4) is 5.75 Å². The fourth-order valence-corrected chi connectivity index (χ4v) is 4.50. The molecule has 1 amide bonds. The first kappa shape index (κ1) is 22.9. The van der Waals surface area contributed by atoms with E-state index in [0.717, 1.165) is 22.6 Å². The minimum absolute atomic E-state index is 0.138. The summed E-state index contributed by atoms with van der Waals surface area (Å²) in [6, 6.07) is 19.4. The number of ether oxygens (including phenoxy) is 1. The number of carbonyl (C=O) groups excluding carboxylic acids is 1. The normalized spacial score (nSPS) is 15.3. The number of benzene rings is 2. The van der Waals surface area contributed by atoms with Crippen molar-refractivity contribution in [2.45, 2.75) is 38.1 Å². The van der Waals surface area contributed by atoms with Gasteiger partial charge in [0.05, 0.1) is 17.7 Å². The smallest absolute Gasteiger partial charge is 0.253 e. The van der Waals surface area contributed by atoms with Gasteiger partial charge in [-0.1, -0.05) is 59.8 Å². The first-order valence-electron chi connectivity index (χ1n) is 11.3. The molecule has 1 atom stereocenters. The third kappa shape index (κ3) is 5.30. The van der Waals surface area contributed by atoms with Crippen molar-refractivity contribution in [2.24, 2.45) is 5.10 Å². The molecule has 9 heteroatoms. The first-order valence-corrected chi connectivity index (χ1v) is 12.3. The number of rotatable bonds is 8. The average molecular weight is 488 g/mol. The van der Waals surface area contributed by atoms with Gasteiger partial charge in [0.1, 0.15) is 24.2 Å². The van der Waals surface area contributed by atoms with Gasteiger partial charge in [-0.05, 0) is 43.2 Å². The van der Waals surface area contributed by atoms with Crippen molar-refractivity contribution in [1.29, 1.82) is 0 Å². The zero-order chi connectivity index (χ0) is 24.2. The van der Waals surface area contributed by atoms with Gasteiger partial charge in [-0.3, -0.25) is 9.89 Å². The van der Waals surface area contributed by atoms with Crippen molar-refractivity contribution in [1.82, 2.24) is 20.2 Å². The van der Waals surface area contributed by atoms with Crippen molar-refractivity contribution in [3.63, 3.8) is 0 Å². The van der Waals surface area contributed by atoms with Gasteiger partial charge in [0, 0.05) is 6.42 Å². The first-order chi connectivity index (χ1) is 17.1. The minimum atomic E-state index is -0.278. The molecule has 3 heterocycles. The van der Waals surface area contributed by atoms with E-state index in [9.17, 15) is 4.79 Å². The Morgan fingerprint density at radius 1 is 1.14 bits per heavy atom. The van der Waals surface area contributed by atoms with Crippen LogP contribution in [-0.4, -0.2) is 37.6 Å². The molecule has 0 saturated carbocycles. The maximum absolute atomic E-state index is 13.2. The Morgan fingerprint density at radius 2 is 1.97 bits per heavy atom. The molecular weight excluding hydrogens is 462 g/mol. The van der Waals surface area contributed by atoms with Crippen molar-refractivity contribution in [3.05, 3.63) is 95.2 Å². The molecule has 35 heavy (non-hydrogen) atoms. The molecule has 0 saturated heterocycles. The number of hydrogen-bond acceptors (Lipinski definition) is 7. The zero-order valence-electron chi connectivity index (χ0n) is 19.5. The Morgan fingerprint density at radius 3 is 2.74 bits per heavy atom. The van der Waals surface area contributed by atoms with Crippen molar-refractivity contribution < 1.29 is 13.9 Å². The van der Waals surface area contributed by atoms with Crippen molar-refractivity contribution >= 4 is 23.4 Å². The van der Waals surface area contributed by atoms with Gasteiger partial charge < -0.3 is 9.15 Å². The molecule has 0 spiro atoms. The lowest BCUT2D eigenvalue weighted by Gasteiger charge is -2.19. The van der Waals surface area contributed by atoms with E-state index in [1.165, 1.54) is 22.3 Å². The van der Waals surface area contributed by atoms with Crippen LogP contribution in [0, 0.1) is 13.8 Å². The quantitative estimate of drug-likeness (QED) is 0.349. The SMILES string of the molecule is Cc1ccc(C2=NN(C(=O)CSc3n[nH]c(COc4ccccc4C)n3)[C@@H](c3ccco3)C2)cc1. The molecule has 2 aromatic heterocycles. The minimum Gasteiger partial charge on any atom is -0.485 e. The largest absolute Gasteiger partial charge is 0.485 e. The summed E-state index contributed by atoms with van der Waals surface area (Å²) in [6.45, 7) is 4.30. The Balaban J connectivity index is 1.24. The molecule has 2 aromatic carbocycles. The Bertz CT molecular complexity index is 1330. The zero-order valence-corrected chi connectivity index (χ0v) is 20.3. The average Bonchev–Trinajstić information content (AvgIpc) is 3.63. The predicted octanol–water partition coefficient (Wildman–Crippen LogP) is 5.06. The van der Waals surface area contributed by atoms with Crippen LogP contribution in [0.5, 0.6) is 5.75 Å². The lowest BCUT2D eigenvalue weighted by Crippen LogP contribution is -2.28. The Labute approximate surface area is 207 Å². The number of aromatic nitrogens is 3. The molecule has 1 N–H and O–H groups in total.